The average Bonchev–Trinajstić information content (AvgIpc) is 2.86. The highest BCUT2D eigenvalue weighted by molar-refractivity contribution is 9.10. The Morgan fingerprint density at radius 1 is 1.40 bits per heavy atom. The van der Waals surface area contributed by atoms with Gasteiger partial charge in [0, 0.05) is 19.0 Å². The molecule has 0 radical (unpaired) electrons. The fourth-order valence-corrected chi connectivity index (χ4v) is 1.17. The van der Waals surface area contributed by atoms with E-state index in [2.05, 4.69) is 26.6 Å². The Hall–Kier alpha value is -0.580. The van der Waals surface area contributed by atoms with Gasteiger partial charge < -0.3 is 10.6 Å². The molecule has 2 N–H and O–H groups in total. The number of amides is 2. The first-order chi connectivity index (χ1) is 6.89. The maximum absolute atomic E-state index is 11.4. The van der Waals surface area contributed by atoms with Crippen LogP contribution in [0.25, 0.3) is 0 Å². The number of carbonyl (C=O) groups excluding carboxylic acids is 2. The Labute approximate surface area is 98.3 Å². The monoisotopic (exact) mass is 276 g/mol. The van der Waals surface area contributed by atoms with Gasteiger partial charge in [-0.25, -0.2) is 0 Å². The van der Waals surface area contributed by atoms with Crippen LogP contribution in [0, 0.1) is 0 Å². The molecule has 1 fully saturated rings. The first-order valence-electron chi connectivity index (χ1n) is 5.16. The fraction of sp³-hybridized carbons (Fsp3) is 0.800. The molecule has 0 saturated heterocycles. The van der Waals surface area contributed by atoms with Crippen LogP contribution < -0.4 is 10.6 Å². The van der Waals surface area contributed by atoms with Crippen LogP contribution in [0.1, 0.15) is 33.1 Å². The molecule has 1 aliphatic rings. The van der Waals surface area contributed by atoms with Crippen molar-refractivity contribution >= 4 is 27.7 Å². The van der Waals surface area contributed by atoms with Crippen LogP contribution in [0.4, 0.5) is 0 Å². The van der Waals surface area contributed by atoms with E-state index in [0.29, 0.717) is 19.0 Å². The van der Waals surface area contributed by atoms with E-state index in [1.165, 1.54) is 0 Å². The molecular formula is C10H17BrN2O2. The van der Waals surface area contributed by atoms with Crippen LogP contribution in [-0.2, 0) is 9.59 Å². The van der Waals surface area contributed by atoms with Gasteiger partial charge in [-0.3, -0.25) is 9.59 Å². The lowest BCUT2D eigenvalue weighted by Crippen LogP contribution is -2.39. The topological polar surface area (TPSA) is 58.2 Å². The Morgan fingerprint density at radius 2 is 2.00 bits per heavy atom. The minimum Gasteiger partial charge on any atom is -0.354 e. The second-order valence-corrected chi connectivity index (χ2v) is 6.30. The second-order valence-electron chi connectivity index (χ2n) is 4.32. The first kappa shape index (κ1) is 12.5. The zero-order chi connectivity index (χ0) is 11.5. The van der Waals surface area contributed by atoms with Crippen LogP contribution in [0.2, 0.25) is 0 Å². The van der Waals surface area contributed by atoms with Crippen LogP contribution in [0.3, 0.4) is 0 Å². The van der Waals surface area contributed by atoms with Crippen LogP contribution >= 0.6 is 15.9 Å². The number of hydrogen-bond donors (Lipinski definition) is 2. The summed E-state index contributed by atoms with van der Waals surface area (Å²) in [5.74, 6) is -0.0769. The molecule has 2 amide bonds. The number of hydrogen-bond acceptors (Lipinski definition) is 2. The van der Waals surface area contributed by atoms with Crippen molar-refractivity contribution in [1.82, 2.24) is 10.6 Å². The van der Waals surface area contributed by atoms with Gasteiger partial charge in [0.1, 0.15) is 0 Å². The van der Waals surface area contributed by atoms with Gasteiger partial charge >= 0.3 is 0 Å². The molecule has 0 atom stereocenters. The Balaban J connectivity index is 2.09. The molecule has 0 aromatic heterocycles. The summed E-state index contributed by atoms with van der Waals surface area (Å²) in [6.45, 7) is 3.94. The van der Waals surface area contributed by atoms with Gasteiger partial charge in [-0.1, -0.05) is 15.9 Å². The van der Waals surface area contributed by atoms with E-state index in [-0.39, 0.29) is 11.8 Å². The van der Waals surface area contributed by atoms with Gasteiger partial charge in [-0.05, 0) is 26.7 Å². The maximum Gasteiger partial charge on any atom is 0.236 e. The summed E-state index contributed by atoms with van der Waals surface area (Å²) in [5, 5.41) is 5.56. The molecule has 5 heteroatoms. The lowest BCUT2D eigenvalue weighted by atomic mass is 10.2. The number of alkyl halides is 1. The van der Waals surface area contributed by atoms with Crippen molar-refractivity contribution in [2.45, 2.75) is 43.5 Å². The van der Waals surface area contributed by atoms with E-state index in [1.54, 1.807) is 13.8 Å². The summed E-state index contributed by atoms with van der Waals surface area (Å²) in [7, 11) is 0. The van der Waals surface area contributed by atoms with E-state index in [1.807, 2.05) is 0 Å². The number of rotatable bonds is 5. The molecule has 0 spiro atoms. The van der Waals surface area contributed by atoms with Gasteiger partial charge in [0.05, 0.1) is 4.32 Å². The van der Waals surface area contributed by atoms with Crippen molar-refractivity contribution in [3.05, 3.63) is 0 Å². The predicted octanol–water partition coefficient (Wildman–Crippen LogP) is 0.945. The molecule has 0 bridgehead atoms. The molecule has 0 aliphatic heterocycles. The molecule has 0 heterocycles. The number of nitrogens with one attached hydrogen (secondary N) is 2. The molecule has 4 nitrogen and oxygen atoms in total. The van der Waals surface area contributed by atoms with Gasteiger partial charge in [0.2, 0.25) is 11.8 Å². The minimum atomic E-state index is -0.569. The van der Waals surface area contributed by atoms with Gasteiger partial charge in [-0.15, -0.1) is 0 Å². The maximum atomic E-state index is 11.4. The number of halogens is 1. The Kier molecular flexibility index (Phi) is 4.13. The molecule has 0 aromatic rings. The SMILES string of the molecule is CC(C)(Br)C(=O)NCCC(=O)NC1CC1. The Morgan fingerprint density at radius 3 is 2.47 bits per heavy atom. The van der Waals surface area contributed by atoms with Crippen molar-refractivity contribution in [2.75, 3.05) is 6.54 Å². The molecule has 0 aromatic carbocycles. The van der Waals surface area contributed by atoms with Crippen LogP contribution in [0.5, 0.6) is 0 Å². The standard InChI is InChI=1S/C10H17BrN2O2/c1-10(2,11)9(15)12-6-5-8(14)13-7-3-4-7/h7H,3-6H2,1-2H3,(H,12,15)(H,13,14). The second kappa shape index (κ2) is 4.96. The third kappa shape index (κ3) is 5.16. The molecule has 1 saturated carbocycles. The number of carbonyl (C=O) groups is 2. The summed E-state index contributed by atoms with van der Waals surface area (Å²) >= 11 is 3.25. The molecular weight excluding hydrogens is 260 g/mol. The first-order valence-corrected chi connectivity index (χ1v) is 5.95. The highest BCUT2D eigenvalue weighted by atomic mass is 79.9. The lowest BCUT2D eigenvalue weighted by Gasteiger charge is -2.15. The van der Waals surface area contributed by atoms with E-state index in [0.717, 1.165) is 12.8 Å². The fourth-order valence-electron chi connectivity index (χ4n) is 1.03. The molecule has 1 rings (SSSR count). The predicted molar refractivity (Wildman–Crippen MR) is 61.8 cm³/mol. The highest BCUT2D eigenvalue weighted by Gasteiger charge is 2.24. The van der Waals surface area contributed by atoms with E-state index < -0.39 is 4.32 Å². The smallest absolute Gasteiger partial charge is 0.236 e. The summed E-state index contributed by atoms with van der Waals surface area (Å²) < 4.78 is -0.569. The summed E-state index contributed by atoms with van der Waals surface area (Å²) in [6, 6.07) is 0.390. The quantitative estimate of drug-likeness (QED) is 0.735. The minimum absolute atomic E-state index is 0.0187. The summed E-state index contributed by atoms with van der Waals surface area (Å²) in [4.78, 5) is 22.6. The van der Waals surface area contributed by atoms with Crippen molar-refractivity contribution in [1.29, 1.82) is 0 Å². The zero-order valence-electron chi connectivity index (χ0n) is 9.10. The van der Waals surface area contributed by atoms with Crippen molar-refractivity contribution in [3.8, 4) is 0 Å². The van der Waals surface area contributed by atoms with Gasteiger partial charge in [0.25, 0.3) is 0 Å². The third-order valence-electron chi connectivity index (χ3n) is 2.12. The van der Waals surface area contributed by atoms with Crippen molar-refractivity contribution < 1.29 is 9.59 Å². The molecule has 15 heavy (non-hydrogen) atoms. The normalized spacial score (nSPS) is 15.9. The molecule has 0 unspecified atom stereocenters. The van der Waals surface area contributed by atoms with E-state index >= 15 is 0 Å². The highest BCUT2D eigenvalue weighted by Crippen LogP contribution is 2.18. The van der Waals surface area contributed by atoms with Gasteiger partial charge in [-0.2, -0.15) is 0 Å². The van der Waals surface area contributed by atoms with Crippen LogP contribution in [-0.4, -0.2) is 28.7 Å². The third-order valence-corrected chi connectivity index (χ3v) is 2.48. The summed E-state index contributed by atoms with van der Waals surface area (Å²) in [6.07, 6.45) is 2.53. The average molecular weight is 277 g/mol. The lowest BCUT2D eigenvalue weighted by molar-refractivity contribution is -0.123. The summed E-state index contributed by atoms with van der Waals surface area (Å²) in [5.41, 5.74) is 0. The van der Waals surface area contributed by atoms with E-state index in [4.69, 9.17) is 0 Å². The Bertz CT molecular complexity index is 257. The molecule has 1 aliphatic carbocycles. The van der Waals surface area contributed by atoms with E-state index in [9.17, 15) is 9.59 Å². The van der Waals surface area contributed by atoms with Gasteiger partial charge in [0.15, 0.2) is 0 Å². The largest absolute Gasteiger partial charge is 0.354 e. The van der Waals surface area contributed by atoms with Crippen LogP contribution in [0.15, 0.2) is 0 Å². The molecule has 86 valence electrons. The van der Waals surface area contributed by atoms with Crippen molar-refractivity contribution in [2.24, 2.45) is 0 Å². The van der Waals surface area contributed by atoms with Crippen molar-refractivity contribution in [3.63, 3.8) is 0 Å². The zero-order valence-corrected chi connectivity index (χ0v) is 10.7.